The van der Waals surface area contributed by atoms with Crippen LogP contribution >= 0.6 is 0 Å². The molecule has 0 radical (unpaired) electrons. The molecule has 21 nitrogen and oxygen atoms in total. The fourth-order valence-corrected chi connectivity index (χ4v) is 7.90. The zero-order valence-electron chi connectivity index (χ0n) is 34.5. The summed E-state index contributed by atoms with van der Waals surface area (Å²) in [5.74, 6) is -0.441. The predicted octanol–water partition coefficient (Wildman–Crippen LogP) is -3.08. The van der Waals surface area contributed by atoms with Crippen LogP contribution in [0.4, 0.5) is 17.1 Å². The number of carbonyl (C=O) groups is 2. The molecule has 0 bridgehead atoms. The molecule has 3 aromatic rings. The van der Waals surface area contributed by atoms with Crippen LogP contribution in [-0.2, 0) is 21.7 Å². The Balaban J connectivity index is -0.000000316. The topological polar surface area (TPSA) is 371 Å². The third kappa shape index (κ3) is 45.7. The van der Waals surface area contributed by atoms with E-state index in [-0.39, 0.29) is 22.3 Å². The van der Waals surface area contributed by atoms with Gasteiger partial charge in [-0.05, 0) is 39.3 Å². The van der Waals surface area contributed by atoms with Crippen LogP contribution in [0.25, 0.3) is 0 Å². The van der Waals surface area contributed by atoms with Crippen LogP contribution in [0.3, 0.4) is 0 Å². The number of rotatable bonds is 11. The van der Waals surface area contributed by atoms with Gasteiger partial charge in [-0.15, -0.1) is 0 Å². The third-order valence-electron chi connectivity index (χ3n) is 5.78. The molecule has 0 saturated carbocycles. The van der Waals surface area contributed by atoms with Crippen molar-refractivity contribution in [1.82, 2.24) is 16.0 Å². The van der Waals surface area contributed by atoms with Gasteiger partial charge in [0.1, 0.15) is 0 Å². The van der Waals surface area contributed by atoms with Crippen LogP contribution in [0.5, 0.6) is 0 Å². The van der Waals surface area contributed by atoms with Crippen molar-refractivity contribution in [1.29, 1.82) is 0 Å². The summed E-state index contributed by atoms with van der Waals surface area (Å²) in [6.45, 7) is 21.9. The molecule has 25 heteroatoms. The predicted molar refractivity (Wildman–Crippen MR) is 230 cm³/mol. The molecule has 0 spiro atoms. The van der Waals surface area contributed by atoms with Crippen molar-refractivity contribution in [2.45, 2.75) is 55.4 Å². The van der Waals surface area contributed by atoms with Gasteiger partial charge in [-0.25, -0.2) is 0 Å². The van der Waals surface area contributed by atoms with E-state index in [0.29, 0.717) is 17.1 Å². The van der Waals surface area contributed by atoms with Crippen LogP contribution in [0, 0.1) is 0 Å². The van der Waals surface area contributed by atoms with Gasteiger partial charge in [0.05, 0.1) is 0 Å². The second-order valence-electron chi connectivity index (χ2n) is 11.1. The first-order valence-electron chi connectivity index (χ1n) is 17.7. The van der Waals surface area contributed by atoms with Crippen LogP contribution in [0.1, 0.15) is 55.4 Å². The minimum absolute atomic E-state index is 0.0256. The molecular weight excluding hydrogens is 1220 g/mol. The molecule has 16 N–H and O–H groups in total. The number of anilines is 3. The van der Waals surface area contributed by atoms with E-state index in [1.54, 1.807) is 0 Å². The van der Waals surface area contributed by atoms with Gasteiger partial charge in [-0.2, -0.15) is 0 Å². The van der Waals surface area contributed by atoms with Crippen molar-refractivity contribution in [3.05, 3.63) is 72.8 Å². The maximum absolute atomic E-state index is 10.9. The van der Waals surface area contributed by atoms with Crippen LogP contribution in [0.2, 0.25) is 0 Å². The molecular formula is C34H64N6O15Sb4. The van der Waals surface area contributed by atoms with Gasteiger partial charge in [0, 0.05) is 0 Å². The van der Waals surface area contributed by atoms with E-state index < -0.39 is 79.0 Å². The van der Waals surface area contributed by atoms with Crippen LogP contribution in [0.15, 0.2) is 72.8 Å². The number of benzene rings is 3. The Morgan fingerprint density at radius 1 is 0.441 bits per heavy atom. The molecule has 0 atom stereocenters. The quantitative estimate of drug-likeness (QED) is 0.0669. The van der Waals surface area contributed by atoms with E-state index in [2.05, 4.69) is 68.1 Å². The van der Waals surface area contributed by atoms with Gasteiger partial charge >= 0.3 is 274 Å². The van der Waals surface area contributed by atoms with E-state index in [1.807, 2.05) is 0 Å². The molecule has 0 saturated heterocycles. The average Bonchev–Trinajstić information content (AvgIpc) is 3.09. The van der Waals surface area contributed by atoms with Crippen molar-refractivity contribution >= 4 is 118 Å². The number of amides is 2. The third-order valence-corrected chi connectivity index (χ3v) is 14.1. The van der Waals surface area contributed by atoms with Crippen molar-refractivity contribution in [3.63, 3.8) is 0 Å². The summed E-state index contributed by atoms with van der Waals surface area (Å²) in [5.41, 5.74) is 6.88. The number of hydrogen-bond acceptors (Lipinski definition) is 10. The monoisotopic (exact) mass is 1280 g/mol. The number of nitrogen functional groups attached to an aromatic ring is 1. The van der Waals surface area contributed by atoms with Gasteiger partial charge < -0.3 is 16.0 Å². The van der Waals surface area contributed by atoms with E-state index in [0.717, 1.165) is 39.3 Å². The van der Waals surface area contributed by atoms with Gasteiger partial charge in [0.25, 0.3) is 0 Å². The molecule has 0 fully saturated rings. The fraction of sp³-hybridized carbons (Fsp3) is 0.412. The summed E-state index contributed by atoms with van der Waals surface area (Å²) >= 11 is -20.4. The Kier molecular flexibility index (Phi) is 39.0. The van der Waals surface area contributed by atoms with E-state index in [4.69, 9.17) is 39.2 Å². The summed E-state index contributed by atoms with van der Waals surface area (Å²) in [6, 6.07) is 16.8. The van der Waals surface area contributed by atoms with Gasteiger partial charge in [0.2, 0.25) is 0 Å². The van der Waals surface area contributed by atoms with Crippen molar-refractivity contribution in [2.75, 3.05) is 55.6 Å². The van der Waals surface area contributed by atoms with Gasteiger partial charge in [-0.1, -0.05) is 41.5 Å². The second-order valence-corrected chi connectivity index (χ2v) is 27.7. The SMILES string of the molecule is CC(=O)Nc1cc[c]([Sb](=[O])([OH])[OH])cc1.CC(=O)Nc1cc[c]([Sb](=[O])([OH])[OH])cc1.CCNCC.CCNCC.CCNCC.Nc1cc[c]([Sb](=[O])([OH])[OH])cc1.[O]=[Sb]([OH])([OH])[OH]. The number of nitrogens with one attached hydrogen (secondary N) is 5. The second kappa shape index (κ2) is 35.9. The molecule has 59 heavy (non-hydrogen) atoms. The van der Waals surface area contributed by atoms with Gasteiger partial charge in [0.15, 0.2) is 0 Å². The normalized spacial score (nSPS) is 10.5. The summed E-state index contributed by atoms with van der Waals surface area (Å²) in [5, 5.41) is 14.3. The number of nitrogens with two attached hydrogens (primary N) is 1. The van der Waals surface area contributed by atoms with E-state index in [1.165, 1.54) is 86.6 Å². The maximum atomic E-state index is 10.9. The molecule has 340 valence electrons. The Labute approximate surface area is 366 Å². The van der Waals surface area contributed by atoms with Crippen molar-refractivity contribution in [2.24, 2.45) is 0 Å². The summed E-state index contributed by atoms with van der Waals surface area (Å²) in [6.07, 6.45) is 0. The van der Waals surface area contributed by atoms with Crippen LogP contribution in [-0.4, -0.2) is 161 Å². The number of hydrogen-bond donors (Lipinski definition) is 15. The van der Waals surface area contributed by atoms with Crippen molar-refractivity contribution < 1.29 is 52.1 Å². The Morgan fingerprint density at radius 2 is 0.627 bits per heavy atom. The standard InChI is InChI=1S/2C8H8NO.C6H6N.3C4H11N.9H2O.4O.4Sb/c2*1-7(10)9-8-5-3-2-4-6-8;7-6-4-2-1-3-5-6;3*1-3-5-4-2;;;;;;;;;;;;;;;;;/h2*3-6H,1H3,(H,9,10);2-5H,7H2;3*5H,3-4H2,1-2H3;9*1H2;;;;;;;;/q;;;;;;;;;;;;;;;;;;;3*+2;+3/p-9. The summed E-state index contributed by atoms with van der Waals surface area (Å²) < 4.78 is 116. The molecule has 2 amide bonds. The molecule has 0 unspecified atom stereocenters. The van der Waals surface area contributed by atoms with Crippen LogP contribution < -0.4 is 42.8 Å². The molecule has 0 aliphatic rings. The molecule has 0 aliphatic heterocycles. The zero-order chi connectivity index (χ0) is 46.9. The Bertz CT molecular complexity index is 1630. The minimum atomic E-state index is -5.35. The Morgan fingerprint density at radius 3 is 0.763 bits per heavy atom. The van der Waals surface area contributed by atoms with E-state index in [9.17, 15) is 18.6 Å². The molecule has 0 heterocycles. The molecule has 0 aromatic heterocycles. The first-order valence-corrected chi connectivity index (χ1v) is 36.0. The number of carbonyl (C=O) groups excluding carboxylic acids is 2. The zero-order valence-corrected chi connectivity index (χ0v) is 44.7. The molecule has 3 rings (SSSR count). The Hall–Kier alpha value is -1.61. The summed E-state index contributed by atoms with van der Waals surface area (Å²) in [4.78, 5) is 21.3. The van der Waals surface area contributed by atoms with Gasteiger partial charge in [-0.3, -0.25) is 0 Å². The van der Waals surface area contributed by atoms with E-state index >= 15 is 0 Å². The first kappa shape index (κ1) is 64.0. The first-order chi connectivity index (χ1) is 27.0. The van der Waals surface area contributed by atoms with Crippen molar-refractivity contribution in [3.8, 4) is 0 Å². The molecule has 0 aliphatic carbocycles. The molecule has 3 aromatic carbocycles. The fourth-order valence-electron chi connectivity index (χ4n) is 3.30. The summed E-state index contributed by atoms with van der Waals surface area (Å²) in [7, 11) is 0. The average molecular weight is 1280 g/mol.